The van der Waals surface area contributed by atoms with Crippen LogP contribution < -0.4 is 10.6 Å². The van der Waals surface area contributed by atoms with Gasteiger partial charge in [-0.05, 0) is 24.8 Å². The minimum atomic E-state index is 0.329. The maximum absolute atomic E-state index is 5.59. The first-order valence-electron chi connectivity index (χ1n) is 7.31. The second-order valence-corrected chi connectivity index (χ2v) is 5.30. The number of rotatable bonds is 6. The summed E-state index contributed by atoms with van der Waals surface area (Å²) in [5, 5.41) is 10.9. The Hall–Kier alpha value is -1.56. The van der Waals surface area contributed by atoms with Crippen molar-refractivity contribution >= 4 is 5.96 Å². The molecule has 0 bridgehead atoms. The van der Waals surface area contributed by atoms with Gasteiger partial charge >= 0.3 is 0 Å². The van der Waals surface area contributed by atoms with E-state index in [4.69, 9.17) is 4.74 Å². The van der Waals surface area contributed by atoms with E-state index in [9.17, 15) is 0 Å². The van der Waals surface area contributed by atoms with Gasteiger partial charge in [0.05, 0.1) is 6.10 Å². The summed E-state index contributed by atoms with van der Waals surface area (Å²) in [6, 6.07) is 1.95. The molecule has 1 aromatic heterocycles. The fourth-order valence-electron chi connectivity index (χ4n) is 2.30. The smallest absolute Gasteiger partial charge is 0.191 e. The lowest BCUT2D eigenvalue weighted by Crippen LogP contribution is -2.42. The van der Waals surface area contributed by atoms with Gasteiger partial charge in [0.15, 0.2) is 5.96 Å². The normalized spacial score (nSPS) is 20.9. The Morgan fingerprint density at radius 1 is 1.55 bits per heavy atom. The molecule has 112 valence electrons. The Morgan fingerprint density at radius 2 is 2.45 bits per heavy atom. The van der Waals surface area contributed by atoms with E-state index < -0.39 is 0 Å². The summed E-state index contributed by atoms with van der Waals surface area (Å²) in [7, 11) is 1.79. The number of aliphatic imine (C=N–C) groups is 1. The molecule has 6 heteroatoms. The van der Waals surface area contributed by atoms with Crippen molar-refractivity contribution in [3.8, 4) is 0 Å². The fourth-order valence-corrected chi connectivity index (χ4v) is 2.30. The lowest BCUT2D eigenvalue weighted by Gasteiger charge is -2.17. The summed E-state index contributed by atoms with van der Waals surface area (Å²) in [5.41, 5.74) is 0. The molecule has 1 fully saturated rings. The third-order valence-corrected chi connectivity index (χ3v) is 3.42. The number of hydrogen-bond acceptors (Lipinski definition) is 3. The summed E-state index contributed by atoms with van der Waals surface area (Å²) in [6.07, 6.45) is 6.43. The van der Waals surface area contributed by atoms with Gasteiger partial charge in [-0.2, -0.15) is 5.10 Å². The summed E-state index contributed by atoms with van der Waals surface area (Å²) in [6.45, 7) is 5.68. The summed E-state index contributed by atoms with van der Waals surface area (Å²) in [5.74, 6) is 1.32. The Balaban J connectivity index is 1.65. The van der Waals surface area contributed by atoms with Crippen LogP contribution in [0.3, 0.4) is 0 Å². The van der Waals surface area contributed by atoms with Gasteiger partial charge in [-0.3, -0.25) is 9.67 Å². The zero-order valence-corrected chi connectivity index (χ0v) is 12.4. The SMILES string of the molecule is CN=C(NCC(C)Cn1cccn1)NCC1CCCO1. The molecule has 0 saturated carbocycles. The Kier molecular flexibility index (Phi) is 5.86. The molecule has 1 aromatic rings. The van der Waals surface area contributed by atoms with Gasteiger partial charge in [0.2, 0.25) is 0 Å². The average molecular weight is 279 g/mol. The van der Waals surface area contributed by atoms with Crippen LogP contribution in [0.25, 0.3) is 0 Å². The number of hydrogen-bond donors (Lipinski definition) is 2. The topological polar surface area (TPSA) is 63.5 Å². The predicted molar refractivity (Wildman–Crippen MR) is 79.7 cm³/mol. The van der Waals surface area contributed by atoms with Gasteiger partial charge in [-0.15, -0.1) is 0 Å². The van der Waals surface area contributed by atoms with Crippen molar-refractivity contribution in [1.82, 2.24) is 20.4 Å². The van der Waals surface area contributed by atoms with E-state index in [0.717, 1.165) is 38.6 Å². The Morgan fingerprint density at radius 3 is 3.10 bits per heavy atom. The molecule has 2 rings (SSSR count). The van der Waals surface area contributed by atoms with Crippen molar-refractivity contribution in [3.63, 3.8) is 0 Å². The fraction of sp³-hybridized carbons (Fsp3) is 0.714. The first-order valence-corrected chi connectivity index (χ1v) is 7.31. The zero-order valence-electron chi connectivity index (χ0n) is 12.4. The van der Waals surface area contributed by atoms with Crippen LogP contribution in [-0.4, -0.2) is 48.6 Å². The van der Waals surface area contributed by atoms with Gasteiger partial charge in [0.1, 0.15) is 0 Å². The first-order chi connectivity index (χ1) is 9.78. The van der Waals surface area contributed by atoms with E-state index >= 15 is 0 Å². The van der Waals surface area contributed by atoms with Crippen LogP contribution in [0.4, 0.5) is 0 Å². The van der Waals surface area contributed by atoms with Gasteiger partial charge in [-0.1, -0.05) is 6.92 Å². The lowest BCUT2D eigenvalue weighted by molar-refractivity contribution is 0.114. The molecule has 1 aliphatic rings. The highest BCUT2D eigenvalue weighted by atomic mass is 16.5. The van der Waals surface area contributed by atoms with E-state index in [0.29, 0.717) is 12.0 Å². The van der Waals surface area contributed by atoms with Crippen molar-refractivity contribution in [2.45, 2.75) is 32.4 Å². The summed E-state index contributed by atoms with van der Waals surface area (Å²) < 4.78 is 7.54. The monoisotopic (exact) mass is 279 g/mol. The first kappa shape index (κ1) is 14.8. The van der Waals surface area contributed by atoms with Gasteiger partial charge in [0, 0.05) is 45.7 Å². The maximum Gasteiger partial charge on any atom is 0.191 e. The van der Waals surface area contributed by atoms with Crippen molar-refractivity contribution < 1.29 is 4.74 Å². The van der Waals surface area contributed by atoms with E-state index in [-0.39, 0.29) is 0 Å². The van der Waals surface area contributed by atoms with Gasteiger partial charge < -0.3 is 15.4 Å². The highest BCUT2D eigenvalue weighted by molar-refractivity contribution is 5.79. The molecule has 2 heterocycles. The van der Waals surface area contributed by atoms with Crippen molar-refractivity contribution in [3.05, 3.63) is 18.5 Å². The molecule has 0 aromatic carbocycles. The van der Waals surface area contributed by atoms with Crippen LogP contribution >= 0.6 is 0 Å². The summed E-state index contributed by atoms with van der Waals surface area (Å²) >= 11 is 0. The molecule has 0 radical (unpaired) electrons. The third kappa shape index (κ3) is 4.85. The van der Waals surface area contributed by atoms with E-state index in [2.05, 4.69) is 27.6 Å². The highest BCUT2D eigenvalue weighted by Crippen LogP contribution is 2.10. The number of guanidine groups is 1. The second kappa shape index (κ2) is 7.89. The van der Waals surface area contributed by atoms with Crippen LogP contribution in [0.1, 0.15) is 19.8 Å². The predicted octanol–water partition coefficient (Wildman–Crippen LogP) is 0.863. The molecule has 20 heavy (non-hydrogen) atoms. The van der Waals surface area contributed by atoms with Crippen LogP contribution in [0.5, 0.6) is 0 Å². The van der Waals surface area contributed by atoms with Gasteiger partial charge in [-0.25, -0.2) is 0 Å². The minimum Gasteiger partial charge on any atom is -0.376 e. The molecule has 2 atom stereocenters. The number of nitrogens with one attached hydrogen (secondary N) is 2. The largest absolute Gasteiger partial charge is 0.376 e. The number of ether oxygens (including phenoxy) is 1. The highest BCUT2D eigenvalue weighted by Gasteiger charge is 2.15. The van der Waals surface area contributed by atoms with Crippen LogP contribution in [-0.2, 0) is 11.3 Å². The molecule has 2 unspecified atom stereocenters. The van der Waals surface area contributed by atoms with Crippen LogP contribution in [0.15, 0.2) is 23.5 Å². The molecule has 1 saturated heterocycles. The molecule has 0 spiro atoms. The second-order valence-electron chi connectivity index (χ2n) is 5.30. The zero-order chi connectivity index (χ0) is 14.2. The molecule has 6 nitrogen and oxygen atoms in total. The minimum absolute atomic E-state index is 0.329. The summed E-state index contributed by atoms with van der Waals surface area (Å²) in [4.78, 5) is 4.23. The quantitative estimate of drug-likeness (QED) is 0.599. The van der Waals surface area contributed by atoms with Crippen LogP contribution in [0.2, 0.25) is 0 Å². The lowest BCUT2D eigenvalue weighted by atomic mass is 10.2. The number of aromatic nitrogens is 2. The van der Waals surface area contributed by atoms with E-state index in [1.807, 2.05) is 23.1 Å². The molecule has 2 N–H and O–H groups in total. The Labute approximate surface area is 120 Å². The maximum atomic E-state index is 5.59. The average Bonchev–Trinajstić information content (AvgIpc) is 3.12. The van der Waals surface area contributed by atoms with E-state index in [1.54, 1.807) is 7.05 Å². The van der Waals surface area contributed by atoms with Crippen molar-refractivity contribution in [2.24, 2.45) is 10.9 Å². The van der Waals surface area contributed by atoms with Gasteiger partial charge in [0.25, 0.3) is 0 Å². The molecular weight excluding hydrogens is 254 g/mol. The standard InChI is InChI=1S/C14H25N5O/c1-12(11-19-7-4-6-18-19)9-16-14(15-2)17-10-13-5-3-8-20-13/h4,6-7,12-13H,3,5,8-11H2,1-2H3,(H2,15,16,17). The Bertz CT molecular complexity index is 398. The van der Waals surface area contributed by atoms with Crippen molar-refractivity contribution in [1.29, 1.82) is 0 Å². The molecular formula is C14H25N5O. The van der Waals surface area contributed by atoms with Crippen molar-refractivity contribution in [2.75, 3.05) is 26.7 Å². The molecule has 1 aliphatic heterocycles. The number of nitrogens with zero attached hydrogens (tertiary/aromatic N) is 3. The van der Waals surface area contributed by atoms with Crippen LogP contribution in [0, 0.1) is 5.92 Å². The molecule has 0 amide bonds. The van der Waals surface area contributed by atoms with E-state index in [1.165, 1.54) is 6.42 Å². The molecule has 0 aliphatic carbocycles. The third-order valence-electron chi connectivity index (χ3n) is 3.42.